The van der Waals surface area contributed by atoms with Gasteiger partial charge in [-0.05, 0) is 41.0 Å². The molecule has 0 fully saturated rings. The average molecular weight is 377 g/mol. The fourth-order valence-corrected chi connectivity index (χ4v) is 2.40. The molecule has 0 heterocycles. The van der Waals surface area contributed by atoms with Gasteiger partial charge in [0.25, 0.3) is 0 Å². The second kappa shape index (κ2) is 8.42. The van der Waals surface area contributed by atoms with Crippen LogP contribution in [0.25, 0.3) is 6.08 Å². The summed E-state index contributed by atoms with van der Waals surface area (Å²) >= 11 is 0. The van der Waals surface area contributed by atoms with Crippen molar-refractivity contribution in [2.75, 3.05) is 0 Å². The van der Waals surface area contributed by atoms with Crippen molar-refractivity contribution in [2.45, 2.75) is 52.9 Å². The normalized spacial score (nSPS) is 10.4. The Morgan fingerprint density at radius 3 is 1.81 bits per heavy atom. The van der Waals surface area contributed by atoms with Gasteiger partial charge in [-0.3, -0.25) is 0 Å². The Morgan fingerprint density at radius 1 is 1.10 bits per heavy atom. The molecule has 0 aliphatic rings. The van der Waals surface area contributed by atoms with E-state index in [-0.39, 0.29) is 20.4 Å². The van der Waals surface area contributed by atoms with Crippen molar-refractivity contribution in [1.82, 2.24) is 0 Å². The van der Waals surface area contributed by atoms with Gasteiger partial charge in [0.1, 0.15) is 0 Å². The first-order valence-electron chi connectivity index (χ1n) is 7.20. The average Bonchev–Trinajstić information content (AvgIpc) is 2.37. The van der Waals surface area contributed by atoms with Crippen LogP contribution in [0.5, 0.6) is 0 Å². The topological polar surface area (TPSA) is 47.7 Å². The molecule has 0 atom stereocenters. The van der Waals surface area contributed by atoms with Gasteiger partial charge < -0.3 is 10.8 Å². The molecule has 0 saturated heterocycles. The van der Waals surface area contributed by atoms with Crippen LogP contribution < -0.4 is 0 Å². The van der Waals surface area contributed by atoms with Crippen LogP contribution >= 0.6 is 0 Å². The van der Waals surface area contributed by atoms with E-state index in [0.29, 0.717) is 29.7 Å². The zero-order chi connectivity index (χ0) is 15.4. The first-order chi connectivity index (χ1) is 9.27. The molecule has 21 heavy (non-hydrogen) atoms. The molecule has 1 rings (SSSR count). The first-order valence-corrected chi connectivity index (χ1v) is 7.20. The number of benzene rings is 1. The molecule has 0 saturated carbocycles. The molecule has 0 radical (unpaired) electrons. The zero-order valence-corrected chi connectivity index (χ0v) is 15.2. The number of nitrogens with one attached hydrogen (secondary N) is 2. The summed E-state index contributed by atoms with van der Waals surface area (Å²) in [7, 11) is 0. The fraction of sp³-hybridized carbons (Fsp3) is 0.444. The summed E-state index contributed by atoms with van der Waals surface area (Å²) in [5.74, 6) is 0.808. The maximum absolute atomic E-state index is 8.01. The molecular weight excluding hydrogens is 351 g/mol. The molecule has 2 N–H and O–H groups in total. The summed E-state index contributed by atoms with van der Waals surface area (Å²) in [6, 6.07) is 4.34. The van der Waals surface area contributed by atoms with Gasteiger partial charge in [-0.1, -0.05) is 52.5 Å². The quantitative estimate of drug-likeness (QED) is 0.508. The van der Waals surface area contributed by atoms with Crippen LogP contribution in [0, 0.1) is 10.8 Å². The monoisotopic (exact) mass is 376 g/mol. The van der Waals surface area contributed by atoms with Crippen LogP contribution in [0.1, 0.15) is 68.7 Å². The molecule has 1 aromatic rings. The summed E-state index contributed by atoms with van der Waals surface area (Å²) in [5.41, 5.74) is 5.66. The molecule has 0 unspecified atom stereocenters. The van der Waals surface area contributed by atoms with Crippen molar-refractivity contribution in [3.8, 4) is 0 Å². The molecule has 2 nitrogen and oxygen atoms in total. The predicted molar refractivity (Wildman–Crippen MR) is 89.5 cm³/mol. The van der Waals surface area contributed by atoms with Crippen molar-refractivity contribution >= 4 is 17.5 Å². The van der Waals surface area contributed by atoms with Crippen LogP contribution in [-0.2, 0) is 26.8 Å². The third-order valence-electron chi connectivity index (χ3n) is 3.63. The van der Waals surface area contributed by atoms with Crippen molar-refractivity contribution in [3.05, 3.63) is 41.0 Å². The van der Waals surface area contributed by atoms with Crippen LogP contribution in [-0.4, -0.2) is 11.4 Å². The van der Waals surface area contributed by atoms with E-state index in [4.69, 9.17) is 10.8 Å². The van der Waals surface area contributed by atoms with E-state index in [0.717, 1.165) is 5.56 Å². The van der Waals surface area contributed by atoms with Crippen molar-refractivity contribution in [3.63, 3.8) is 0 Å². The Morgan fingerprint density at radius 2 is 1.52 bits per heavy atom. The Hall–Kier alpha value is -1.04. The number of rotatable bonds is 6. The van der Waals surface area contributed by atoms with Gasteiger partial charge >= 0.3 is 0 Å². The van der Waals surface area contributed by atoms with Gasteiger partial charge in [-0.15, -0.1) is 0 Å². The van der Waals surface area contributed by atoms with E-state index in [1.54, 1.807) is 6.92 Å². The van der Waals surface area contributed by atoms with E-state index in [2.05, 4.69) is 46.4 Å². The third kappa shape index (κ3) is 5.02. The molecule has 0 aliphatic carbocycles. The Labute approximate surface area is 142 Å². The maximum atomic E-state index is 8.01. The van der Waals surface area contributed by atoms with E-state index in [9.17, 15) is 0 Å². The molecule has 3 heteroatoms. The first kappa shape index (κ1) is 20.0. The fourth-order valence-electron chi connectivity index (χ4n) is 2.40. The number of hydrogen-bond acceptors (Lipinski definition) is 2. The van der Waals surface area contributed by atoms with Gasteiger partial charge in [0.05, 0.1) is 5.71 Å². The van der Waals surface area contributed by atoms with Gasteiger partial charge in [0.15, 0.2) is 0 Å². The minimum atomic E-state index is 0. The predicted octanol–water partition coefficient (Wildman–Crippen LogP) is 5.18. The van der Waals surface area contributed by atoms with Gasteiger partial charge in [0, 0.05) is 32.6 Å². The second-order valence-corrected chi connectivity index (χ2v) is 5.97. The SMILES string of the molecule is C=Cc1cc(C(C)C)c(CC(=N)C(C)=N)c(C(C)C)c1.[Pd]. The van der Waals surface area contributed by atoms with Crippen molar-refractivity contribution in [1.29, 1.82) is 10.8 Å². The molecular formula is C18H26N2Pd. The molecule has 0 bridgehead atoms. The Balaban J connectivity index is 0.00000400. The summed E-state index contributed by atoms with van der Waals surface area (Å²) in [6.07, 6.45) is 2.43. The Bertz CT molecular complexity index is 513. The van der Waals surface area contributed by atoms with E-state index >= 15 is 0 Å². The standard InChI is InChI=1S/C18H26N2.Pd/c1-7-14-8-15(11(2)3)17(10-18(20)13(6)19)16(9-14)12(4)5;/h7-9,11-12,19-20H,1,10H2,2-6H3;. The Kier molecular flexibility index (Phi) is 8.00. The summed E-state index contributed by atoms with van der Waals surface area (Å²) in [4.78, 5) is 0. The van der Waals surface area contributed by atoms with Crippen LogP contribution in [0.15, 0.2) is 18.7 Å². The largest absolute Gasteiger partial charge is 0.304 e. The summed E-state index contributed by atoms with van der Waals surface area (Å²) < 4.78 is 0. The van der Waals surface area contributed by atoms with Crippen LogP contribution in [0.3, 0.4) is 0 Å². The zero-order valence-electron chi connectivity index (χ0n) is 13.6. The van der Waals surface area contributed by atoms with E-state index < -0.39 is 0 Å². The van der Waals surface area contributed by atoms with Crippen molar-refractivity contribution in [2.24, 2.45) is 0 Å². The summed E-state index contributed by atoms with van der Waals surface area (Å²) in [5, 5.41) is 15.7. The minimum absolute atomic E-state index is 0. The van der Waals surface area contributed by atoms with Gasteiger partial charge in [0.2, 0.25) is 0 Å². The molecule has 118 valence electrons. The van der Waals surface area contributed by atoms with E-state index in [1.165, 1.54) is 16.7 Å². The summed E-state index contributed by atoms with van der Waals surface area (Å²) in [6.45, 7) is 14.3. The molecule has 0 aromatic heterocycles. The van der Waals surface area contributed by atoms with Crippen LogP contribution in [0.4, 0.5) is 0 Å². The smallest absolute Gasteiger partial charge is 0.0562 e. The third-order valence-corrected chi connectivity index (χ3v) is 3.63. The van der Waals surface area contributed by atoms with E-state index in [1.807, 2.05) is 6.08 Å². The molecule has 0 amide bonds. The molecule has 0 spiro atoms. The number of hydrogen-bond donors (Lipinski definition) is 2. The minimum Gasteiger partial charge on any atom is -0.304 e. The molecule has 1 aromatic carbocycles. The molecule has 0 aliphatic heterocycles. The van der Waals surface area contributed by atoms with Crippen molar-refractivity contribution < 1.29 is 20.4 Å². The van der Waals surface area contributed by atoms with Gasteiger partial charge in [-0.25, -0.2) is 0 Å². The van der Waals surface area contributed by atoms with Crippen LogP contribution in [0.2, 0.25) is 0 Å². The van der Waals surface area contributed by atoms with Gasteiger partial charge in [-0.2, -0.15) is 0 Å². The maximum Gasteiger partial charge on any atom is 0.0562 e. The second-order valence-electron chi connectivity index (χ2n) is 5.97.